The van der Waals surface area contributed by atoms with Gasteiger partial charge in [-0.25, -0.2) is 13.4 Å². The number of aromatic amines is 1. The number of benzene rings is 4. The van der Waals surface area contributed by atoms with Crippen molar-refractivity contribution in [2.24, 2.45) is 0 Å². The van der Waals surface area contributed by atoms with Crippen molar-refractivity contribution < 1.29 is 22.7 Å². The molecule has 4 aromatic carbocycles. The molecule has 15 heteroatoms. The number of amides is 1. The molecule has 0 bridgehead atoms. The lowest BCUT2D eigenvalue weighted by atomic mass is 9.99. The van der Waals surface area contributed by atoms with E-state index in [1.54, 1.807) is 19.5 Å². The molecule has 1 amide bonds. The van der Waals surface area contributed by atoms with Crippen LogP contribution in [0.2, 0.25) is 15.1 Å². The van der Waals surface area contributed by atoms with Crippen molar-refractivity contribution in [1.29, 1.82) is 0 Å². The molecular formula is C44H45Cl3N6O5S. The highest BCUT2D eigenvalue weighted by molar-refractivity contribution is 7.91. The maximum atomic E-state index is 15.0. The van der Waals surface area contributed by atoms with Crippen molar-refractivity contribution in [3.63, 3.8) is 0 Å². The smallest absolute Gasteiger partial charge is 0.272 e. The lowest BCUT2D eigenvalue weighted by Crippen LogP contribution is -2.50. The molecule has 2 N–H and O–H groups in total. The third-order valence-corrected chi connectivity index (χ3v) is 13.8. The first kappa shape index (κ1) is 41.2. The van der Waals surface area contributed by atoms with Gasteiger partial charge in [-0.05, 0) is 61.7 Å². The summed E-state index contributed by atoms with van der Waals surface area (Å²) in [5, 5.41) is 5.63. The number of hydrogen-bond donors (Lipinski definition) is 2. The molecule has 308 valence electrons. The van der Waals surface area contributed by atoms with E-state index in [4.69, 9.17) is 49.3 Å². The number of sulfone groups is 1. The van der Waals surface area contributed by atoms with E-state index in [9.17, 15) is 8.42 Å². The SMILES string of the molecule is COCCOc1ccc(N2CCC(N3CCS(=O)(=O)CC3)CC2)c(NC(=O)c2[nH]c3cc(Cl)ccc3c2-c2c(-c3ccccc3)ncn2C(C)c2ccc(Cl)cc2Cl)c1. The molecular weight excluding hydrogens is 831 g/mol. The maximum absolute atomic E-state index is 15.0. The van der Waals surface area contributed by atoms with Crippen LogP contribution in [0.25, 0.3) is 33.4 Å². The number of methoxy groups -OCH3 is 1. The van der Waals surface area contributed by atoms with E-state index in [1.165, 1.54) is 0 Å². The van der Waals surface area contributed by atoms with Crippen LogP contribution in [0.15, 0.2) is 91.3 Å². The van der Waals surface area contributed by atoms with Gasteiger partial charge in [0.15, 0.2) is 9.84 Å². The summed E-state index contributed by atoms with van der Waals surface area (Å²) in [5.41, 5.74) is 6.24. The van der Waals surface area contributed by atoms with Gasteiger partial charge < -0.3 is 29.2 Å². The van der Waals surface area contributed by atoms with Gasteiger partial charge in [0.05, 0.1) is 53.2 Å². The van der Waals surface area contributed by atoms with Crippen LogP contribution in [-0.2, 0) is 14.6 Å². The Balaban J connectivity index is 1.19. The molecule has 1 atom stereocenters. The van der Waals surface area contributed by atoms with Gasteiger partial charge in [0, 0.05) is 82.5 Å². The van der Waals surface area contributed by atoms with Crippen LogP contribution in [0.1, 0.15) is 41.9 Å². The topological polar surface area (TPSA) is 122 Å². The van der Waals surface area contributed by atoms with E-state index < -0.39 is 9.84 Å². The van der Waals surface area contributed by atoms with Crippen LogP contribution in [0.3, 0.4) is 0 Å². The Morgan fingerprint density at radius 2 is 1.64 bits per heavy atom. The third-order valence-electron chi connectivity index (χ3n) is 11.4. The third kappa shape index (κ3) is 8.85. The Morgan fingerprint density at radius 3 is 2.37 bits per heavy atom. The summed E-state index contributed by atoms with van der Waals surface area (Å²) in [4.78, 5) is 28.0. The number of H-pyrrole nitrogens is 1. The molecule has 11 nitrogen and oxygen atoms in total. The predicted octanol–water partition coefficient (Wildman–Crippen LogP) is 9.24. The van der Waals surface area contributed by atoms with Gasteiger partial charge in [0.2, 0.25) is 0 Å². The second-order valence-electron chi connectivity index (χ2n) is 15.0. The summed E-state index contributed by atoms with van der Waals surface area (Å²) in [5.74, 6) is 0.637. The van der Waals surface area contributed by atoms with Crippen LogP contribution < -0.4 is 15.0 Å². The van der Waals surface area contributed by atoms with Crippen LogP contribution in [0.5, 0.6) is 5.75 Å². The number of piperidine rings is 1. The minimum Gasteiger partial charge on any atom is -0.491 e. The first-order valence-corrected chi connectivity index (χ1v) is 22.6. The molecule has 0 spiro atoms. The summed E-state index contributed by atoms with van der Waals surface area (Å²) in [6.07, 6.45) is 3.53. The minimum absolute atomic E-state index is 0.206. The van der Waals surface area contributed by atoms with Crippen molar-refractivity contribution in [2.45, 2.75) is 31.8 Å². The Bertz CT molecular complexity index is 2580. The van der Waals surface area contributed by atoms with E-state index in [0.29, 0.717) is 81.3 Å². The summed E-state index contributed by atoms with van der Waals surface area (Å²) in [7, 11) is -1.34. The molecule has 2 fully saturated rings. The van der Waals surface area contributed by atoms with Gasteiger partial charge in [0.1, 0.15) is 18.1 Å². The minimum atomic E-state index is -2.96. The van der Waals surface area contributed by atoms with Crippen molar-refractivity contribution in [2.75, 3.05) is 68.2 Å². The normalized spacial score (nSPS) is 16.7. The fourth-order valence-electron chi connectivity index (χ4n) is 8.26. The number of anilines is 2. The zero-order chi connectivity index (χ0) is 41.3. The predicted molar refractivity (Wildman–Crippen MR) is 237 cm³/mol. The highest BCUT2D eigenvalue weighted by atomic mass is 35.5. The molecule has 2 aliphatic heterocycles. The Labute approximate surface area is 359 Å². The highest BCUT2D eigenvalue weighted by Crippen LogP contribution is 2.43. The monoisotopic (exact) mass is 874 g/mol. The molecule has 0 aliphatic carbocycles. The number of nitrogens with one attached hydrogen (secondary N) is 2. The molecule has 8 rings (SSSR count). The largest absolute Gasteiger partial charge is 0.491 e. The standard InChI is InChI=1S/C44H45Cl3N6O5S/c1-28(34-11-8-30(45)24-36(34)47)53-27-48-41(29-6-4-3-5-7-29)43(53)40-35-12-9-31(46)25-37(35)49-42(40)44(54)50-38-26-33(58-21-20-57-2)10-13-39(38)52-16-14-32(15-17-52)51-18-22-59(55,56)23-19-51/h3-13,24-28,32,49H,14-23H2,1-2H3,(H,50,54). The number of halogens is 3. The van der Waals surface area contributed by atoms with Gasteiger partial charge in [-0.2, -0.15) is 0 Å². The molecule has 0 saturated carbocycles. The molecule has 0 radical (unpaired) electrons. The number of carbonyl (C=O) groups is 1. The van der Waals surface area contributed by atoms with Crippen LogP contribution in [0, 0.1) is 0 Å². The number of nitrogens with zero attached hydrogens (tertiary/aromatic N) is 4. The molecule has 2 aliphatic rings. The number of carbonyl (C=O) groups excluding carboxylic acids is 1. The Hall–Kier alpha value is -4.56. The highest BCUT2D eigenvalue weighted by Gasteiger charge is 2.32. The van der Waals surface area contributed by atoms with Crippen LogP contribution in [-0.4, -0.2) is 97.8 Å². The summed E-state index contributed by atoms with van der Waals surface area (Å²) < 4.78 is 37.5. The van der Waals surface area contributed by atoms with E-state index in [2.05, 4.69) is 20.1 Å². The summed E-state index contributed by atoms with van der Waals surface area (Å²) >= 11 is 19.7. The number of fused-ring (bicyclic) bond motifs is 1. The number of imidazole rings is 1. The molecule has 1 unspecified atom stereocenters. The Kier molecular flexibility index (Phi) is 12.3. The van der Waals surface area contributed by atoms with E-state index in [1.807, 2.05) is 90.4 Å². The lowest BCUT2D eigenvalue weighted by Gasteiger charge is -2.41. The molecule has 6 aromatic rings. The molecule has 2 saturated heterocycles. The second kappa shape index (κ2) is 17.6. The first-order chi connectivity index (χ1) is 28.5. The number of aromatic nitrogens is 3. The van der Waals surface area contributed by atoms with Gasteiger partial charge in [-0.3, -0.25) is 9.69 Å². The second-order valence-corrected chi connectivity index (χ2v) is 18.6. The van der Waals surface area contributed by atoms with Gasteiger partial charge in [-0.1, -0.05) is 77.3 Å². The molecule has 59 heavy (non-hydrogen) atoms. The van der Waals surface area contributed by atoms with Gasteiger partial charge in [-0.15, -0.1) is 0 Å². The number of ether oxygens (including phenoxy) is 2. The quantitative estimate of drug-likeness (QED) is 0.117. The average Bonchev–Trinajstić information content (AvgIpc) is 3.83. The lowest BCUT2D eigenvalue weighted by molar-refractivity contribution is 0.102. The van der Waals surface area contributed by atoms with Gasteiger partial charge in [0.25, 0.3) is 5.91 Å². The molecule has 2 aromatic heterocycles. The summed E-state index contributed by atoms with van der Waals surface area (Å²) in [6, 6.07) is 26.6. The zero-order valence-corrected chi connectivity index (χ0v) is 35.8. The van der Waals surface area contributed by atoms with Crippen molar-refractivity contribution in [1.82, 2.24) is 19.4 Å². The van der Waals surface area contributed by atoms with Crippen LogP contribution >= 0.6 is 34.8 Å². The first-order valence-electron chi connectivity index (χ1n) is 19.6. The van der Waals surface area contributed by atoms with E-state index in [0.717, 1.165) is 53.8 Å². The fraction of sp³-hybridized carbons (Fsp3) is 0.318. The van der Waals surface area contributed by atoms with E-state index >= 15 is 4.79 Å². The Morgan fingerprint density at radius 1 is 0.915 bits per heavy atom. The maximum Gasteiger partial charge on any atom is 0.272 e. The fourth-order valence-corrected chi connectivity index (χ4v) is 10.2. The molecule has 4 heterocycles. The zero-order valence-electron chi connectivity index (χ0n) is 32.8. The average molecular weight is 876 g/mol. The van der Waals surface area contributed by atoms with Crippen molar-refractivity contribution >= 4 is 72.8 Å². The van der Waals surface area contributed by atoms with E-state index in [-0.39, 0.29) is 23.5 Å². The van der Waals surface area contributed by atoms with Crippen LogP contribution in [0.4, 0.5) is 11.4 Å². The van der Waals surface area contributed by atoms with Crippen molar-refractivity contribution in [3.8, 4) is 28.3 Å². The van der Waals surface area contributed by atoms with Crippen molar-refractivity contribution in [3.05, 3.63) is 118 Å². The number of rotatable bonds is 12. The van der Waals surface area contributed by atoms with Gasteiger partial charge >= 0.3 is 0 Å². The number of hydrogen-bond acceptors (Lipinski definition) is 8. The summed E-state index contributed by atoms with van der Waals surface area (Å²) in [6.45, 7) is 5.40.